The van der Waals surface area contributed by atoms with Crippen molar-refractivity contribution in [3.8, 4) is 0 Å². The summed E-state index contributed by atoms with van der Waals surface area (Å²) in [5.74, 6) is -0.953. The molecule has 0 atom stereocenters. The standard InChI is InChI=1S/C18H22N2O4S3/c1-18(2,3)13-7-5-12(6-8-13)11-14-16(22)20(17(25)26-14)10-9-15(21)19-27(4,23)24/h5-8,11H,9-10H2,1-4H3,(H,19,21)/b14-11-. The summed E-state index contributed by atoms with van der Waals surface area (Å²) in [7, 11) is -3.61. The summed E-state index contributed by atoms with van der Waals surface area (Å²) in [5.41, 5.74) is 2.14. The molecule has 1 aliphatic rings. The van der Waals surface area contributed by atoms with Crippen LogP contribution < -0.4 is 4.72 Å². The zero-order valence-corrected chi connectivity index (χ0v) is 18.1. The molecule has 0 radical (unpaired) electrons. The Bertz CT molecular complexity index is 898. The van der Waals surface area contributed by atoms with E-state index in [1.807, 2.05) is 29.0 Å². The van der Waals surface area contributed by atoms with Crippen LogP contribution in [-0.4, -0.2) is 42.3 Å². The molecule has 27 heavy (non-hydrogen) atoms. The SMILES string of the molecule is CC(C)(C)c1ccc(/C=C2\SC(=S)N(CCC(=O)NS(C)(=O)=O)C2=O)cc1. The van der Waals surface area contributed by atoms with Crippen molar-refractivity contribution in [3.63, 3.8) is 0 Å². The molecule has 0 bridgehead atoms. The van der Waals surface area contributed by atoms with Crippen LogP contribution in [0.5, 0.6) is 0 Å². The number of rotatable bonds is 5. The van der Waals surface area contributed by atoms with Crippen LogP contribution in [0.4, 0.5) is 0 Å². The minimum atomic E-state index is -3.61. The van der Waals surface area contributed by atoms with Gasteiger partial charge in [0.1, 0.15) is 4.32 Å². The number of hydrogen-bond donors (Lipinski definition) is 1. The molecule has 1 N–H and O–H groups in total. The highest BCUT2D eigenvalue weighted by molar-refractivity contribution is 8.26. The van der Waals surface area contributed by atoms with Crippen LogP contribution in [0.15, 0.2) is 29.2 Å². The Morgan fingerprint density at radius 1 is 1.26 bits per heavy atom. The van der Waals surface area contributed by atoms with E-state index in [4.69, 9.17) is 12.2 Å². The minimum absolute atomic E-state index is 0.0340. The van der Waals surface area contributed by atoms with Gasteiger partial charge in [0.2, 0.25) is 15.9 Å². The summed E-state index contributed by atoms with van der Waals surface area (Å²) in [6.45, 7) is 6.43. The number of amides is 2. The maximum Gasteiger partial charge on any atom is 0.266 e. The van der Waals surface area contributed by atoms with E-state index >= 15 is 0 Å². The molecule has 146 valence electrons. The van der Waals surface area contributed by atoms with Gasteiger partial charge in [-0.1, -0.05) is 69.0 Å². The molecule has 2 amide bonds. The lowest BCUT2D eigenvalue weighted by atomic mass is 9.87. The van der Waals surface area contributed by atoms with Gasteiger partial charge in [-0.25, -0.2) is 8.42 Å². The Morgan fingerprint density at radius 3 is 2.37 bits per heavy atom. The minimum Gasteiger partial charge on any atom is -0.292 e. The molecule has 0 aliphatic carbocycles. The quantitative estimate of drug-likeness (QED) is 0.576. The summed E-state index contributed by atoms with van der Waals surface area (Å²) < 4.78 is 24.3. The van der Waals surface area contributed by atoms with Gasteiger partial charge in [-0.3, -0.25) is 19.2 Å². The molecular weight excluding hydrogens is 404 g/mol. The highest BCUT2D eigenvalue weighted by Gasteiger charge is 2.32. The molecule has 6 nitrogen and oxygen atoms in total. The second kappa shape index (κ2) is 8.12. The van der Waals surface area contributed by atoms with Crippen molar-refractivity contribution in [2.45, 2.75) is 32.6 Å². The second-order valence-electron chi connectivity index (χ2n) is 7.25. The lowest BCUT2D eigenvalue weighted by Gasteiger charge is -2.18. The fourth-order valence-corrected chi connectivity index (χ4v) is 4.22. The molecule has 2 rings (SSSR count). The van der Waals surface area contributed by atoms with Crippen molar-refractivity contribution in [3.05, 3.63) is 40.3 Å². The molecule has 0 spiro atoms. The van der Waals surface area contributed by atoms with E-state index in [1.165, 1.54) is 22.2 Å². The zero-order valence-electron chi connectivity index (χ0n) is 15.6. The largest absolute Gasteiger partial charge is 0.292 e. The maximum absolute atomic E-state index is 12.5. The molecule has 9 heteroatoms. The predicted octanol–water partition coefficient (Wildman–Crippen LogP) is 2.65. The summed E-state index contributed by atoms with van der Waals surface area (Å²) in [6, 6.07) is 7.96. The third-order valence-electron chi connectivity index (χ3n) is 3.81. The fraction of sp³-hybridized carbons (Fsp3) is 0.389. The van der Waals surface area contributed by atoms with Gasteiger partial charge in [-0.05, 0) is 22.6 Å². The number of hydrogen-bond acceptors (Lipinski definition) is 6. The van der Waals surface area contributed by atoms with E-state index in [9.17, 15) is 18.0 Å². The van der Waals surface area contributed by atoms with Crippen LogP contribution in [-0.2, 0) is 25.0 Å². The highest BCUT2D eigenvalue weighted by atomic mass is 32.2. The average Bonchev–Trinajstić information content (AvgIpc) is 2.77. The van der Waals surface area contributed by atoms with Crippen LogP contribution in [0.1, 0.15) is 38.3 Å². The van der Waals surface area contributed by atoms with Gasteiger partial charge in [0.15, 0.2) is 0 Å². The third kappa shape index (κ3) is 6.15. The van der Waals surface area contributed by atoms with Crippen LogP contribution in [0.2, 0.25) is 0 Å². The average molecular weight is 427 g/mol. The van der Waals surface area contributed by atoms with E-state index in [0.29, 0.717) is 9.23 Å². The van der Waals surface area contributed by atoms with Gasteiger partial charge in [0, 0.05) is 13.0 Å². The second-order valence-corrected chi connectivity index (χ2v) is 10.7. The molecular formula is C18H22N2O4S3. The van der Waals surface area contributed by atoms with Crippen LogP contribution in [0.25, 0.3) is 6.08 Å². The van der Waals surface area contributed by atoms with E-state index in [0.717, 1.165) is 11.8 Å². The number of thioether (sulfide) groups is 1. The van der Waals surface area contributed by atoms with Gasteiger partial charge in [0.25, 0.3) is 5.91 Å². The predicted molar refractivity (Wildman–Crippen MR) is 113 cm³/mol. The van der Waals surface area contributed by atoms with Gasteiger partial charge >= 0.3 is 0 Å². The molecule has 0 unspecified atom stereocenters. The summed E-state index contributed by atoms with van der Waals surface area (Å²) in [5, 5.41) is 0. The number of sulfonamides is 1. The number of carbonyl (C=O) groups excluding carboxylic acids is 2. The summed E-state index contributed by atoms with van der Waals surface area (Å²) >= 11 is 6.39. The lowest BCUT2D eigenvalue weighted by Crippen LogP contribution is -2.35. The van der Waals surface area contributed by atoms with Crippen LogP contribution in [0.3, 0.4) is 0 Å². The number of nitrogens with one attached hydrogen (secondary N) is 1. The normalized spacial score (nSPS) is 16.9. The first-order valence-corrected chi connectivity index (χ1v) is 11.3. The Hall–Kier alpha value is -1.71. The summed E-state index contributed by atoms with van der Waals surface area (Å²) in [4.78, 5) is 26.0. The first-order valence-electron chi connectivity index (χ1n) is 8.23. The van der Waals surface area contributed by atoms with Gasteiger partial charge in [-0.15, -0.1) is 0 Å². The molecule has 1 heterocycles. The molecule has 1 aromatic rings. The molecule has 0 saturated carbocycles. The Kier molecular flexibility index (Phi) is 6.49. The van der Waals surface area contributed by atoms with Crippen molar-refractivity contribution >= 4 is 56.2 Å². The van der Waals surface area contributed by atoms with Gasteiger partial charge in [-0.2, -0.15) is 0 Å². The van der Waals surface area contributed by atoms with Crippen LogP contribution in [0, 0.1) is 0 Å². The number of thiocarbonyl (C=S) groups is 1. The van der Waals surface area contributed by atoms with E-state index < -0.39 is 15.9 Å². The lowest BCUT2D eigenvalue weighted by molar-refractivity contribution is -0.123. The van der Waals surface area contributed by atoms with Crippen molar-refractivity contribution < 1.29 is 18.0 Å². The van der Waals surface area contributed by atoms with Crippen molar-refractivity contribution in [2.24, 2.45) is 0 Å². The van der Waals surface area contributed by atoms with E-state index in [2.05, 4.69) is 20.8 Å². The van der Waals surface area contributed by atoms with Gasteiger partial charge < -0.3 is 0 Å². The zero-order chi connectivity index (χ0) is 20.4. The number of benzene rings is 1. The fourth-order valence-electron chi connectivity index (χ4n) is 2.39. The third-order valence-corrected chi connectivity index (χ3v) is 5.79. The topological polar surface area (TPSA) is 83.6 Å². The number of nitrogens with zero attached hydrogens (tertiary/aromatic N) is 1. The smallest absolute Gasteiger partial charge is 0.266 e. The molecule has 1 aliphatic heterocycles. The van der Waals surface area contributed by atoms with Crippen molar-refractivity contribution in [1.29, 1.82) is 0 Å². The first-order chi connectivity index (χ1) is 12.4. The summed E-state index contributed by atoms with van der Waals surface area (Å²) in [6.07, 6.45) is 2.52. The molecule has 1 fully saturated rings. The van der Waals surface area contributed by atoms with E-state index in [1.54, 1.807) is 6.08 Å². The van der Waals surface area contributed by atoms with Crippen LogP contribution >= 0.6 is 24.0 Å². The van der Waals surface area contributed by atoms with Gasteiger partial charge in [0.05, 0.1) is 11.2 Å². The van der Waals surface area contributed by atoms with E-state index in [-0.39, 0.29) is 24.3 Å². The Balaban J connectivity index is 2.06. The van der Waals surface area contributed by atoms with Crippen molar-refractivity contribution in [1.82, 2.24) is 9.62 Å². The van der Waals surface area contributed by atoms with Crippen molar-refractivity contribution in [2.75, 3.05) is 12.8 Å². The number of carbonyl (C=O) groups is 2. The molecule has 0 aromatic heterocycles. The molecule has 1 aromatic carbocycles. The Morgan fingerprint density at radius 2 is 1.85 bits per heavy atom. The monoisotopic (exact) mass is 426 g/mol. The Labute approximate surface area is 169 Å². The maximum atomic E-state index is 12.5. The first kappa shape index (κ1) is 21.6. The highest BCUT2D eigenvalue weighted by Crippen LogP contribution is 2.33. The molecule has 1 saturated heterocycles.